The fourth-order valence-corrected chi connectivity index (χ4v) is 2.06. The molecular formula is C17H20FN. The standard InChI is InChI=1S/C17H20FN/c1-3-14-7-9-15(10-8-14)12-19-13(2)16-5-4-6-17(18)11-16/h4-11,13,19H,3,12H2,1-2H3/t13-/m1/s1. The van der Waals surface area contributed by atoms with Crippen LogP contribution in [0.4, 0.5) is 4.39 Å². The molecule has 1 N–H and O–H groups in total. The van der Waals surface area contributed by atoms with Crippen LogP contribution in [0.15, 0.2) is 48.5 Å². The summed E-state index contributed by atoms with van der Waals surface area (Å²) in [6.45, 7) is 5.00. The second-order valence-corrected chi connectivity index (χ2v) is 4.83. The van der Waals surface area contributed by atoms with Gasteiger partial charge in [-0.25, -0.2) is 4.39 Å². The molecule has 0 saturated heterocycles. The topological polar surface area (TPSA) is 12.0 Å². The first-order chi connectivity index (χ1) is 9.19. The second-order valence-electron chi connectivity index (χ2n) is 4.83. The molecular weight excluding hydrogens is 237 g/mol. The molecule has 0 unspecified atom stereocenters. The van der Waals surface area contributed by atoms with Gasteiger partial charge in [-0.3, -0.25) is 0 Å². The minimum Gasteiger partial charge on any atom is -0.306 e. The lowest BCUT2D eigenvalue weighted by Gasteiger charge is -2.14. The third-order valence-electron chi connectivity index (χ3n) is 3.39. The SMILES string of the molecule is CCc1ccc(CN[C@H](C)c2cccc(F)c2)cc1. The van der Waals surface area contributed by atoms with Gasteiger partial charge in [-0.15, -0.1) is 0 Å². The predicted molar refractivity (Wildman–Crippen MR) is 77.5 cm³/mol. The van der Waals surface area contributed by atoms with Crippen LogP contribution in [0.2, 0.25) is 0 Å². The van der Waals surface area contributed by atoms with Gasteiger partial charge in [0.25, 0.3) is 0 Å². The fourth-order valence-electron chi connectivity index (χ4n) is 2.06. The third-order valence-corrected chi connectivity index (χ3v) is 3.39. The quantitative estimate of drug-likeness (QED) is 0.844. The van der Waals surface area contributed by atoms with Crippen LogP contribution in [0.3, 0.4) is 0 Å². The molecule has 1 atom stereocenters. The molecule has 2 aromatic carbocycles. The van der Waals surface area contributed by atoms with Gasteiger partial charge in [-0.2, -0.15) is 0 Å². The number of rotatable bonds is 5. The molecule has 0 aliphatic rings. The van der Waals surface area contributed by atoms with Gasteiger partial charge in [0, 0.05) is 12.6 Å². The van der Waals surface area contributed by atoms with E-state index in [0.717, 1.165) is 18.5 Å². The van der Waals surface area contributed by atoms with Gasteiger partial charge in [0.2, 0.25) is 0 Å². The third kappa shape index (κ3) is 3.90. The Kier molecular flexibility index (Phi) is 4.69. The van der Waals surface area contributed by atoms with Crippen molar-refractivity contribution < 1.29 is 4.39 Å². The average molecular weight is 257 g/mol. The normalized spacial score (nSPS) is 12.4. The Morgan fingerprint density at radius 2 is 1.74 bits per heavy atom. The van der Waals surface area contributed by atoms with Crippen molar-refractivity contribution in [2.75, 3.05) is 0 Å². The Balaban J connectivity index is 1.94. The summed E-state index contributed by atoms with van der Waals surface area (Å²) < 4.78 is 13.1. The first kappa shape index (κ1) is 13.8. The van der Waals surface area contributed by atoms with Crippen LogP contribution in [0.1, 0.15) is 36.6 Å². The number of halogens is 1. The Bertz CT molecular complexity index is 519. The van der Waals surface area contributed by atoms with Crippen LogP contribution in [0.5, 0.6) is 0 Å². The molecule has 0 aliphatic heterocycles. The first-order valence-electron chi connectivity index (χ1n) is 6.75. The van der Waals surface area contributed by atoms with E-state index < -0.39 is 0 Å². The monoisotopic (exact) mass is 257 g/mol. The molecule has 100 valence electrons. The van der Waals surface area contributed by atoms with E-state index in [1.54, 1.807) is 12.1 Å². The number of hydrogen-bond acceptors (Lipinski definition) is 1. The zero-order valence-corrected chi connectivity index (χ0v) is 11.5. The molecule has 0 heterocycles. The minimum atomic E-state index is -0.182. The Hall–Kier alpha value is -1.67. The van der Waals surface area contributed by atoms with Crippen molar-refractivity contribution in [3.63, 3.8) is 0 Å². The molecule has 0 saturated carbocycles. The van der Waals surface area contributed by atoms with Crippen molar-refractivity contribution >= 4 is 0 Å². The van der Waals surface area contributed by atoms with Gasteiger partial charge in [0.05, 0.1) is 0 Å². The summed E-state index contributed by atoms with van der Waals surface area (Å²) >= 11 is 0. The van der Waals surface area contributed by atoms with Gasteiger partial charge in [-0.05, 0) is 42.2 Å². The number of aryl methyl sites for hydroxylation is 1. The molecule has 2 heteroatoms. The van der Waals surface area contributed by atoms with E-state index in [2.05, 4.69) is 43.4 Å². The van der Waals surface area contributed by atoms with E-state index in [4.69, 9.17) is 0 Å². The van der Waals surface area contributed by atoms with Crippen molar-refractivity contribution in [2.24, 2.45) is 0 Å². The highest BCUT2D eigenvalue weighted by Crippen LogP contribution is 2.14. The first-order valence-corrected chi connectivity index (χ1v) is 6.75. The number of hydrogen-bond donors (Lipinski definition) is 1. The molecule has 2 rings (SSSR count). The maximum atomic E-state index is 13.1. The molecule has 0 amide bonds. The van der Waals surface area contributed by atoms with Gasteiger partial charge < -0.3 is 5.32 Å². The van der Waals surface area contributed by atoms with Gasteiger partial charge in [0.15, 0.2) is 0 Å². The fraction of sp³-hybridized carbons (Fsp3) is 0.294. The highest BCUT2D eigenvalue weighted by Gasteiger charge is 2.05. The lowest BCUT2D eigenvalue weighted by molar-refractivity contribution is 0.565. The highest BCUT2D eigenvalue weighted by atomic mass is 19.1. The van der Waals surface area contributed by atoms with Crippen LogP contribution in [0.25, 0.3) is 0 Å². The Labute approximate surface area is 114 Å². The molecule has 0 fully saturated rings. The molecule has 1 nitrogen and oxygen atoms in total. The van der Waals surface area contributed by atoms with E-state index in [0.29, 0.717) is 0 Å². The molecule has 0 aliphatic carbocycles. The molecule has 0 aromatic heterocycles. The summed E-state index contributed by atoms with van der Waals surface area (Å²) in [6, 6.07) is 15.5. The lowest BCUT2D eigenvalue weighted by Crippen LogP contribution is -2.18. The largest absolute Gasteiger partial charge is 0.306 e. The van der Waals surface area contributed by atoms with Crippen LogP contribution in [0, 0.1) is 5.82 Å². The zero-order chi connectivity index (χ0) is 13.7. The zero-order valence-electron chi connectivity index (χ0n) is 11.5. The summed E-state index contributed by atoms with van der Waals surface area (Å²) in [4.78, 5) is 0. The number of nitrogens with one attached hydrogen (secondary N) is 1. The van der Waals surface area contributed by atoms with Crippen molar-refractivity contribution in [1.82, 2.24) is 5.32 Å². The van der Waals surface area contributed by atoms with Crippen molar-refractivity contribution in [3.05, 3.63) is 71.0 Å². The second kappa shape index (κ2) is 6.48. The van der Waals surface area contributed by atoms with Crippen molar-refractivity contribution in [1.29, 1.82) is 0 Å². The van der Waals surface area contributed by atoms with Crippen LogP contribution >= 0.6 is 0 Å². The lowest BCUT2D eigenvalue weighted by atomic mass is 10.1. The van der Waals surface area contributed by atoms with E-state index in [-0.39, 0.29) is 11.9 Å². The predicted octanol–water partition coefficient (Wildman–Crippen LogP) is 4.24. The van der Waals surface area contributed by atoms with Gasteiger partial charge >= 0.3 is 0 Å². The summed E-state index contributed by atoms with van der Waals surface area (Å²) in [5.74, 6) is -0.182. The maximum absolute atomic E-state index is 13.1. The van der Waals surface area contributed by atoms with E-state index >= 15 is 0 Å². The smallest absolute Gasteiger partial charge is 0.123 e. The van der Waals surface area contributed by atoms with E-state index in [9.17, 15) is 4.39 Å². The highest BCUT2D eigenvalue weighted by molar-refractivity contribution is 5.23. The van der Waals surface area contributed by atoms with E-state index in [1.165, 1.54) is 17.2 Å². The van der Waals surface area contributed by atoms with Gasteiger partial charge in [0.1, 0.15) is 5.82 Å². The van der Waals surface area contributed by atoms with Crippen molar-refractivity contribution in [3.8, 4) is 0 Å². The summed E-state index contributed by atoms with van der Waals surface area (Å²) in [5.41, 5.74) is 3.58. The summed E-state index contributed by atoms with van der Waals surface area (Å²) in [5, 5.41) is 3.41. The molecule has 19 heavy (non-hydrogen) atoms. The maximum Gasteiger partial charge on any atom is 0.123 e. The number of benzene rings is 2. The summed E-state index contributed by atoms with van der Waals surface area (Å²) in [6.07, 6.45) is 1.06. The van der Waals surface area contributed by atoms with Crippen molar-refractivity contribution in [2.45, 2.75) is 32.9 Å². The minimum absolute atomic E-state index is 0.140. The van der Waals surface area contributed by atoms with Crippen LogP contribution in [-0.4, -0.2) is 0 Å². The molecule has 2 aromatic rings. The Morgan fingerprint density at radius 3 is 2.37 bits per heavy atom. The average Bonchev–Trinajstić information content (AvgIpc) is 2.45. The van der Waals surface area contributed by atoms with E-state index in [1.807, 2.05) is 6.07 Å². The van der Waals surface area contributed by atoms with Crippen LogP contribution in [-0.2, 0) is 13.0 Å². The summed E-state index contributed by atoms with van der Waals surface area (Å²) in [7, 11) is 0. The Morgan fingerprint density at radius 1 is 1.05 bits per heavy atom. The van der Waals surface area contributed by atoms with Crippen LogP contribution < -0.4 is 5.32 Å². The molecule has 0 radical (unpaired) electrons. The van der Waals surface area contributed by atoms with Gasteiger partial charge in [-0.1, -0.05) is 43.3 Å². The molecule has 0 spiro atoms. The molecule has 0 bridgehead atoms.